The molecule has 0 heterocycles. The first-order chi connectivity index (χ1) is 16.8. The number of hydrogen-bond donors (Lipinski definition) is 3. The molecular weight excluding hydrogens is 458 g/mol. The number of halogens is 2. The van der Waals surface area contributed by atoms with E-state index in [1.54, 1.807) is 0 Å². The number of aliphatic carboxylic acids is 1. The summed E-state index contributed by atoms with van der Waals surface area (Å²) in [5.41, 5.74) is 4.54. The zero-order valence-electron chi connectivity index (χ0n) is 19.1. The molecule has 35 heavy (non-hydrogen) atoms. The van der Waals surface area contributed by atoms with Crippen molar-refractivity contribution in [1.29, 1.82) is 0 Å². The van der Waals surface area contributed by atoms with Crippen LogP contribution >= 0.6 is 0 Å². The molecule has 2 aliphatic rings. The van der Waals surface area contributed by atoms with Gasteiger partial charge in [-0.2, -0.15) is 0 Å². The van der Waals surface area contributed by atoms with Gasteiger partial charge in [0.2, 0.25) is 12.3 Å². The number of carbonyl (C=O) groups excluding carboxylic acids is 2. The van der Waals surface area contributed by atoms with E-state index < -0.39 is 36.9 Å². The molecule has 7 nitrogen and oxygen atoms in total. The second kappa shape index (κ2) is 10.8. The monoisotopic (exact) mass is 486 g/mol. The fourth-order valence-corrected chi connectivity index (χ4v) is 5.11. The predicted molar refractivity (Wildman–Crippen MR) is 124 cm³/mol. The van der Waals surface area contributed by atoms with Crippen LogP contribution in [0.1, 0.15) is 49.1 Å². The fraction of sp³-hybridized carbons (Fsp3) is 0.423. The number of fused-ring (bicyclic) bond motifs is 3. The van der Waals surface area contributed by atoms with Crippen LogP contribution in [0, 0.1) is 5.92 Å². The lowest BCUT2D eigenvalue weighted by Crippen LogP contribution is -2.42. The van der Waals surface area contributed by atoms with Crippen molar-refractivity contribution in [3.8, 4) is 11.1 Å². The summed E-state index contributed by atoms with van der Waals surface area (Å²) in [6.07, 6.45) is -2.41. The van der Waals surface area contributed by atoms with E-state index in [9.17, 15) is 23.2 Å². The molecule has 3 unspecified atom stereocenters. The minimum absolute atomic E-state index is 0.0237. The molecule has 2 aromatic carbocycles. The van der Waals surface area contributed by atoms with Crippen LogP contribution in [-0.2, 0) is 14.3 Å². The Labute approximate surface area is 201 Å². The van der Waals surface area contributed by atoms with Crippen LogP contribution in [0.5, 0.6) is 0 Å². The van der Waals surface area contributed by atoms with E-state index in [1.165, 1.54) is 0 Å². The van der Waals surface area contributed by atoms with Gasteiger partial charge in [0.1, 0.15) is 12.6 Å². The number of amides is 2. The third kappa shape index (κ3) is 5.96. The highest BCUT2D eigenvalue weighted by Crippen LogP contribution is 2.44. The standard InChI is InChI=1S/C26H28F2N2O5/c27-23(28)13-22(25(32)33)30-24(31)12-15-9-10-16(11-15)29-26(34)35-14-21-19-7-3-1-5-17(19)18-6-2-4-8-20(18)21/h1-8,15-16,21-23H,9-14H2,(H,29,34)(H,30,31)(H,32,33). The maximum absolute atomic E-state index is 12.5. The molecule has 9 heteroatoms. The van der Waals surface area contributed by atoms with Gasteiger partial charge in [0.25, 0.3) is 0 Å². The molecule has 3 atom stereocenters. The summed E-state index contributed by atoms with van der Waals surface area (Å²) < 4.78 is 30.6. The van der Waals surface area contributed by atoms with Crippen molar-refractivity contribution in [2.24, 2.45) is 5.92 Å². The number of alkyl halides is 2. The average molecular weight is 487 g/mol. The zero-order chi connectivity index (χ0) is 24.9. The van der Waals surface area contributed by atoms with Crippen LogP contribution in [0.25, 0.3) is 11.1 Å². The molecule has 0 aromatic heterocycles. The summed E-state index contributed by atoms with van der Waals surface area (Å²) in [6.45, 7) is 0.207. The fourth-order valence-electron chi connectivity index (χ4n) is 5.11. The van der Waals surface area contributed by atoms with Gasteiger partial charge in [0.05, 0.1) is 0 Å². The van der Waals surface area contributed by atoms with E-state index in [1.807, 2.05) is 36.4 Å². The summed E-state index contributed by atoms with van der Waals surface area (Å²) >= 11 is 0. The van der Waals surface area contributed by atoms with Gasteiger partial charge < -0.3 is 20.5 Å². The SMILES string of the molecule is O=C(CC1CCC(NC(=O)OCC2c3ccccc3-c3ccccc32)C1)NC(CC(F)F)C(=O)O. The number of ether oxygens (including phenoxy) is 1. The highest BCUT2D eigenvalue weighted by molar-refractivity contribution is 5.83. The van der Waals surface area contributed by atoms with Crippen LogP contribution < -0.4 is 10.6 Å². The maximum Gasteiger partial charge on any atom is 0.407 e. The Balaban J connectivity index is 1.24. The van der Waals surface area contributed by atoms with Crippen LogP contribution in [0.15, 0.2) is 48.5 Å². The Hall–Kier alpha value is -3.49. The lowest BCUT2D eigenvalue weighted by Gasteiger charge is -2.17. The van der Waals surface area contributed by atoms with Crippen LogP contribution in [0.3, 0.4) is 0 Å². The molecule has 186 valence electrons. The Morgan fingerprint density at radius 3 is 2.23 bits per heavy atom. The molecule has 0 saturated heterocycles. The Bertz CT molecular complexity index is 1050. The second-order valence-corrected chi connectivity index (χ2v) is 9.14. The predicted octanol–water partition coefficient (Wildman–Crippen LogP) is 4.31. The summed E-state index contributed by atoms with van der Waals surface area (Å²) in [4.78, 5) is 35.7. The van der Waals surface area contributed by atoms with Gasteiger partial charge in [-0.1, -0.05) is 48.5 Å². The topological polar surface area (TPSA) is 105 Å². The summed E-state index contributed by atoms with van der Waals surface area (Å²) in [5.74, 6) is -2.18. The van der Waals surface area contributed by atoms with E-state index in [0.717, 1.165) is 22.3 Å². The summed E-state index contributed by atoms with van der Waals surface area (Å²) in [5, 5.41) is 14.0. The minimum atomic E-state index is -2.83. The number of carboxylic acids is 1. The molecule has 1 fully saturated rings. The molecular formula is C26H28F2N2O5. The van der Waals surface area contributed by atoms with Crippen LogP contribution in [0.4, 0.5) is 13.6 Å². The minimum Gasteiger partial charge on any atom is -0.480 e. The van der Waals surface area contributed by atoms with Gasteiger partial charge in [-0.15, -0.1) is 0 Å². The summed E-state index contributed by atoms with van der Waals surface area (Å²) in [7, 11) is 0. The molecule has 4 rings (SSSR count). The highest BCUT2D eigenvalue weighted by Gasteiger charge is 2.32. The Morgan fingerprint density at radius 2 is 1.63 bits per heavy atom. The first-order valence-corrected chi connectivity index (χ1v) is 11.7. The number of nitrogens with one attached hydrogen (secondary N) is 2. The Kier molecular flexibility index (Phi) is 7.63. The number of benzene rings is 2. The largest absolute Gasteiger partial charge is 0.480 e. The third-order valence-corrected chi connectivity index (χ3v) is 6.73. The first-order valence-electron chi connectivity index (χ1n) is 11.7. The van der Waals surface area contributed by atoms with Crippen molar-refractivity contribution in [1.82, 2.24) is 10.6 Å². The molecule has 1 saturated carbocycles. The third-order valence-electron chi connectivity index (χ3n) is 6.73. The van der Waals surface area contributed by atoms with E-state index >= 15 is 0 Å². The van der Waals surface area contributed by atoms with Gasteiger partial charge in [0, 0.05) is 24.8 Å². The van der Waals surface area contributed by atoms with Crippen molar-refractivity contribution < 1.29 is 33.0 Å². The van der Waals surface area contributed by atoms with Gasteiger partial charge in [-0.3, -0.25) is 4.79 Å². The smallest absolute Gasteiger partial charge is 0.407 e. The summed E-state index contributed by atoms with van der Waals surface area (Å²) in [6, 6.07) is 14.4. The average Bonchev–Trinajstić information content (AvgIpc) is 3.38. The van der Waals surface area contributed by atoms with Gasteiger partial charge in [0.15, 0.2) is 0 Å². The number of rotatable bonds is 9. The Morgan fingerprint density at radius 1 is 1.00 bits per heavy atom. The van der Waals surface area contributed by atoms with Gasteiger partial charge in [-0.25, -0.2) is 18.4 Å². The lowest BCUT2D eigenvalue weighted by atomic mass is 9.98. The molecule has 2 aliphatic carbocycles. The van der Waals surface area contributed by atoms with Gasteiger partial charge in [-0.05, 0) is 47.4 Å². The van der Waals surface area contributed by atoms with E-state index in [-0.39, 0.29) is 30.9 Å². The first kappa shape index (κ1) is 24.6. The van der Waals surface area contributed by atoms with E-state index in [2.05, 4.69) is 22.8 Å². The zero-order valence-corrected chi connectivity index (χ0v) is 19.1. The number of hydrogen-bond acceptors (Lipinski definition) is 4. The van der Waals surface area contributed by atoms with Crippen molar-refractivity contribution in [2.75, 3.05) is 6.61 Å². The molecule has 0 aliphatic heterocycles. The molecule has 3 N–H and O–H groups in total. The number of alkyl carbamates (subject to hydrolysis) is 1. The maximum atomic E-state index is 12.5. The van der Waals surface area contributed by atoms with E-state index in [0.29, 0.717) is 19.3 Å². The van der Waals surface area contributed by atoms with Crippen LogP contribution in [-0.4, -0.2) is 48.2 Å². The van der Waals surface area contributed by atoms with Crippen LogP contribution in [0.2, 0.25) is 0 Å². The van der Waals surface area contributed by atoms with Gasteiger partial charge >= 0.3 is 12.1 Å². The quantitative estimate of drug-likeness (QED) is 0.490. The molecule has 2 aromatic rings. The second-order valence-electron chi connectivity index (χ2n) is 9.14. The van der Waals surface area contributed by atoms with Crippen molar-refractivity contribution in [2.45, 2.75) is 56.5 Å². The lowest BCUT2D eigenvalue weighted by molar-refractivity contribution is -0.143. The normalized spacial score (nSPS) is 19.6. The molecule has 0 spiro atoms. The highest BCUT2D eigenvalue weighted by atomic mass is 19.3. The molecule has 2 amide bonds. The van der Waals surface area contributed by atoms with Crippen molar-refractivity contribution in [3.63, 3.8) is 0 Å². The number of carboxylic acid groups (broad SMARTS) is 1. The van der Waals surface area contributed by atoms with Crippen molar-refractivity contribution in [3.05, 3.63) is 59.7 Å². The van der Waals surface area contributed by atoms with Crippen molar-refractivity contribution >= 4 is 18.0 Å². The number of carbonyl (C=O) groups is 3. The molecule has 0 bridgehead atoms. The molecule has 0 radical (unpaired) electrons. The van der Waals surface area contributed by atoms with E-state index in [4.69, 9.17) is 9.84 Å².